The van der Waals surface area contributed by atoms with Crippen LogP contribution in [0.2, 0.25) is 0 Å². The molecule has 1 aliphatic carbocycles. The van der Waals surface area contributed by atoms with E-state index < -0.39 is 5.54 Å². The standard InChI is InChI=1S/C17H17N5O2/c1-11-10-13(23)14(20-22(11)12-6-3-2-4-7-12)15-19-16(21-24-15)17(18)8-5-9-17/h2-4,6-7,10H,5,8-9,18H2,1H3. The fourth-order valence-corrected chi connectivity index (χ4v) is 2.83. The van der Waals surface area contributed by atoms with E-state index in [1.807, 2.05) is 37.3 Å². The zero-order chi connectivity index (χ0) is 16.7. The summed E-state index contributed by atoms with van der Waals surface area (Å²) in [6.45, 7) is 1.83. The number of para-hydroxylation sites is 1. The molecule has 2 heterocycles. The second kappa shape index (κ2) is 5.38. The minimum Gasteiger partial charge on any atom is -0.332 e. The van der Waals surface area contributed by atoms with E-state index in [0.717, 1.165) is 30.6 Å². The van der Waals surface area contributed by atoms with Gasteiger partial charge in [0.15, 0.2) is 11.5 Å². The molecule has 0 atom stereocenters. The Morgan fingerprint density at radius 3 is 2.67 bits per heavy atom. The Hall–Kier alpha value is -2.80. The van der Waals surface area contributed by atoms with Gasteiger partial charge < -0.3 is 10.3 Å². The Labute approximate surface area is 138 Å². The van der Waals surface area contributed by atoms with Crippen molar-refractivity contribution in [2.75, 3.05) is 0 Å². The number of aryl methyl sites for hydroxylation is 1. The van der Waals surface area contributed by atoms with E-state index in [4.69, 9.17) is 10.3 Å². The van der Waals surface area contributed by atoms with E-state index in [1.165, 1.54) is 6.07 Å². The summed E-state index contributed by atoms with van der Waals surface area (Å²) in [7, 11) is 0. The van der Waals surface area contributed by atoms with Crippen LogP contribution < -0.4 is 11.2 Å². The summed E-state index contributed by atoms with van der Waals surface area (Å²) in [4.78, 5) is 16.7. The van der Waals surface area contributed by atoms with Gasteiger partial charge in [0.2, 0.25) is 5.43 Å². The normalized spacial score (nSPS) is 15.9. The summed E-state index contributed by atoms with van der Waals surface area (Å²) in [6.07, 6.45) is 2.69. The molecule has 0 spiro atoms. The van der Waals surface area contributed by atoms with E-state index in [9.17, 15) is 4.79 Å². The molecule has 2 aromatic heterocycles. The number of hydrogen-bond acceptors (Lipinski definition) is 6. The number of nitrogens with zero attached hydrogens (tertiary/aromatic N) is 4. The van der Waals surface area contributed by atoms with E-state index in [-0.39, 0.29) is 17.0 Å². The van der Waals surface area contributed by atoms with Crippen molar-refractivity contribution in [3.63, 3.8) is 0 Å². The first kappa shape index (κ1) is 14.8. The Kier molecular flexibility index (Phi) is 3.31. The zero-order valence-electron chi connectivity index (χ0n) is 13.3. The summed E-state index contributed by atoms with van der Waals surface area (Å²) in [5.74, 6) is 0.549. The maximum atomic E-state index is 12.3. The summed E-state index contributed by atoms with van der Waals surface area (Å²) >= 11 is 0. The zero-order valence-corrected chi connectivity index (χ0v) is 13.3. The molecule has 0 amide bonds. The molecule has 1 aliphatic rings. The van der Waals surface area contributed by atoms with E-state index in [0.29, 0.717) is 5.82 Å². The first-order chi connectivity index (χ1) is 11.6. The Morgan fingerprint density at radius 2 is 2.00 bits per heavy atom. The van der Waals surface area contributed by atoms with Crippen LogP contribution >= 0.6 is 0 Å². The molecule has 0 radical (unpaired) electrons. The lowest BCUT2D eigenvalue weighted by Crippen LogP contribution is -2.44. The van der Waals surface area contributed by atoms with Gasteiger partial charge in [0.1, 0.15) is 0 Å². The highest BCUT2D eigenvalue weighted by Crippen LogP contribution is 2.37. The molecule has 1 fully saturated rings. The molecule has 0 aliphatic heterocycles. The van der Waals surface area contributed by atoms with Crippen LogP contribution in [0.25, 0.3) is 17.3 Å². The molecular formula is C17H17N5O2. The van der Waals surface area contributed by atoms with Gasteiger partial charge in [-0.2, -0.15) is 10.1 Å². The van der Waals surface area contributed by atoms with Crippen molar-refractivity contribution in [1.82, 2.24) is 19.9 Å². The lowest BCUT2D eigenvalue weighted by molar-refractivity contribution is 0.229. The molecule has 0 unspecified atom stereocenters. The number of nitrogens with two attached hydrogens (primary N) is 1. The second-order valence-electron chi connectivity index (χ2n) is 6.18. The van der Waals surface area contributed by atoms with E-state index in [1.54, 1.807) is 4.68 Å². The van der Waals surface area contributed by atoms with Gasteiger partial charge in [-0.15, -0.1) is 0 Å². The second-order valence-corrected chi connectivity index (χ2v) is 6.18. The van der Waals surface area contributed by atoms with Crippen molar-refractivity contribution in [2.45, 2.75) is 31.7 Å². The van der Waals surface area contributed by atoms with Crippen molar-refractivity contribution in [3.8, 4) is 17.3 Å². The Morgan fingerprint density at radius 1 is 1.25 bits per heavy atom. The van der Waals surface area contributed by atoms with Crippen molar-refractivity contribution >= 4 is 0 Å². The van der Waals surface area contributed by atoms with Crippen LogP contribution in [0.15, 0.2) is 45.7 Å². The van der Waals surface area contributed by atoms with Gasteiger partial charge in [0.05, 0.1) is 11.2 Å². The van der Waals surface area contributed by atoms with Crippen molar-refractivity contribution < 1.29 is 4.52 Å². The third-order valence-electron chi connectivity index (χ3n) is 4.43. The fourth-order valence-electron chi connectivity index (χ4n) is 2.83. The van der Waals surface area contributed by atoms with Crippen LogP contribution in [0.5, 0.6) is 0 Å². The first-order valence-electron chi connectivity index (χ1n) is 7.87. The monoisotopic (exact) mass is 323 g/mol. The number of hydrogen-bond donors (Lipinski definition) is 1. The smallest absolute Gasteiger partial charge is 0.282 e. The molecule has 24 heavy (non-hydrogen) atoms. The van der Waals surface area contributed by atoms with Crippen molar-refractivity contribution in [3.05, 3.63) is 58.1 Å². The highest BCUT2D eigenvalue weighted by molar-refractivity contribution is 5.47. The lowest BCUT2D eigenvalue weighted by atomic mass is 9.77. The molecule has 3 aromatic rings. The van der Waals surface area contributed by atoms with Gasteiger partial charge in [-0.05, 0) is 38.3 Å². The summed E-state index contributed by atoms with van der Waals surface area (Å²) in [5, 5.41) is 8.37. The van der Waals surface area contributed by atoms with E-state index in [2.05, 4.69) is 15.2 Å². The predicted octanol–water partition coefficient (Wildman–Crippen LogP) is 1.93. The van der Waals surface area contributed by atoms with Gasteiger partial charge in [0, 0.05) is 11.8 Å². The van der Waals surface area contributed by atoms with Crippen LogP contribution in [-0.4, -0.2) is 19.9 Å². The molecule has 1 aromatic carbocycles. The minimum absolute atomic E-state index is 0.108. The largest absolute Gasteiger partial charge is 0.332 e. The van der Waals surface area contributed by atoms with Crippen LogP contribution in [0.3, 0.4) is 0 Å². The number of aromatic nitrogens is 4. The average Bonchev–Trinajstić information content (AvgIpc) is 3.03. The van der Waals surface area contributed by atoms with E-state index >= 15 is 0 Å². The van der Waals surface area contributed by atoms with Crippen molar-refractivity contribution in [2.24, 2.45) is 5.73 Å². The summed E-state index contributed by atoms with van der Waals surface area (Å²) < 4.78 is 6.95. The molecule has 4 rings (SSSR count). The summed E-state index contributed by atoms with van der Waals surface area (Å²) in [6, 6.07) is 11.1. The summed E-state index contributed by atoms with van der Waals surface area (Å²) in [5.41, 5.74) is 7.13. The van der Waals surface area contributed by atoms with Crippen LogP contribution in [0, 0.1) is 6.92 Å². The topological polar surface area (TPSA) is 99.8 Å². The number of rotatable bonds is 3. The van der Waals surface area contributed by atoms with Crippen LogP contribution in [-0.2, 0) is 5.54 Å². The SMILES string of the molecule is Cc1cc(=O)c(-c2nc(C3(N)CCC3)no2)nn1-c1ccccc1. The van der Waals surface area contributed by atoms with Gasteiger partial charge in [0.25, 0.3) is 5.89 Å². The van der Waals surface area contributed by atoms with Crippen LogP contribution in [0.4, 0.5) is 0 Å². The molecule has 1 saturated carbocycles. The maximum absolute atomic E-state index is 12.3. The average molecular weight is 323 g/mol. The molecule has 2 N–H and O–H groups in total. The first-order valence-corrected chi connectivity index (χ1v) is 7.87. The quantitative estimate of drug-likeness (QED) is 0.790. The van der Waals surface area contributed by atoms with Crippen molar-refractivity contribution in [1.29, 1.82) is 0 Å². The molecule has 7 nitrogen and oxygen atoms in total. The third-order valence-corrected chi connectivity index (χ3v) is 4.43. The highest BCUT2D eigenvalue weighted by Gasteiger charge is 2.39. The highest BCUT2D eigenvalue weighted by atomic mass is 16.5. The van der Waals surface area contributed by atoms with Gasteiger partial charge >= 0.3 is 0 Å². The molecule has 7 heteroatoms. The maximum Gasteiger partial charge on any atom is 0.282 e. The number of benzene rings is 1. The van der Waals surface area contributed by atoms with Gasteiger partial charge in [-0.3, -0.25) is 4.79 Å². The molecular weight excluding hydrogens is 306 g/mol. The van der Waals surface area contributed by atoms with Gasteiger partial charge in [-0.25, -0.2) is 4.68 Å². The lowest BCUT2D eigenvalue weighted by Gasteiger charge is -2.34. The van der Waals surface area contributed by atoms with Gasteiger partial charge in [-0.1, -0.05) is 23.4 Å². The molecule has 0 saturated heterocycles. The third kappa shape index (κ3) is 2.33. The Bertz CT molecular complexity index is 941. The molecule has 122 valence electrons. The Balaban J connectivity index is 1.80. The molecule has 0 bridgehead atoms. The predicted molar refractivity (Wildman–Crippen MR) is 87.6 cm³/mol. The van der Waals surface area contributed by atoms with Crippen LogP contribution in [0.1, 0.15) is 30.8 Å². The minimum atomic E-state index is -0.537. The fraction of sp³-hybridized carbons (Fsp3) is 0.294.